The molecule has 2 rings (SSSR count). The van der Waals surface area contributed by atoms with Crippen molar-refractivity contribution < 1.29 is 9.18 Å². The van der Waals surface area contributed by atoms with E-state index in [-0.39, 0.29) is 10.9 Å². The molecule has 0 saturated heterocycles. The van der Waals surface area contributed by atoms with E-state index in [1.165, 1.54) is 18.2 Å². The molecule has 1 aromatic rings. The quantitative estimate of drug-likeness (QED) is 0.838. The molecule has 98 valence electrons. The van der Waals surface area contributed by atoms with Crippen LogP contribution >= 0.6 is 27.5 Å². The molecule has 2 nitrogen and oxygen atoms in total. The fourth-order valence-electron chi connectivity index (χ4n) is 2.18. The maximum Gasteiger partial charge on any atom is 0.251 e. The minimum atomic E-state index is -0.564. The van der Waals surface area contributed by atoms with Gasteiger partial charge in [-0.05, 0) is 43.4 Å². The Morgan fingerprint density at radius 1 is 1.50 bits per heavy atom. The van der Waals surface area contributed by atoms with Crippen LogP contribution in [0.4, 0.5) is 4.39 Å². The first-order valence-corrected chi connectivity index (χ1v) is 7.23. The molecule has 0 aliphatic heterocycles. The third-order valence-corrected chi connectivity index (χ3v) is 4.35. The number of halogens is 3. The van der Waals surface area contributed by atoms with Gasteiger partial charge in [0.05, 0.1) is 5.02 Å². The highest BCUT2D eigenvalue weighted by Gasteiger charge is 2.22. The van der Waals surface area contributed by atoms with E-state index in [4.69, 9.17) is 11.6 Å². The van der Waals surface area contributed by atoms with E-state index in [1.807, 2.05) is 0 Å². The monoisotopic (exact) mass is 333 g/mol. The number of carbonyl (C=O) groups excluding carboxylic acids is 1. The maximum atomic E-state index is 13.2. The molecular formula is C13H14BrClFNO. The fourth-order valence-corrected chi connectivity index (χ4v) is 3.09. The Labute approximate surface area is 119 Å². The molecule has 1 aliphatic rings. The van der Waals surface area contributed by atoms with Crippen LogP contribution in [-0.2, 0) is 0 Å². The van der Waals surface area contributed by atoms with Gasteiger partial charge < -0.3 is 5.32 Å². The summed E-state index contributed by atoms with van der Waals surface area (Å²) in [5, 5.41) is 2.87. The Hall–Kier alpha value is -0.610. The van der Waals surface area contributed by atoms with Crippen LogP contribution in [0.25, 0.3) is 0 Å². The number of hydrogen-bond donors (Lipinski definition) is 1. The van der Waals surface area contributed by atoms with Gasteiger partial charge in [-0.2, -0.15) is 0 Å². The lowest BCUT2D eigenvalue weighted by Gasteiger charge is -2.11. The molecule has 1 aliphatic carbocycles. The predicted molar refractivity (Wildman–Crippen MR) is 73.8 cm³/mol. The van der Waals surface area contributed by atoms with E-state index in [2.05, 4.69) is 21.2 Å². The molecule has 0 bridgehead atoms. The summed E-state index contributed by atoms with van der Waals surface area (Å²) in [4.78, 5) is 12.4. The Kier molecular flexibility index (Phi) is 4.62. The highest BCUT2D eigenvalue weighted by atomic mass is 79.9. The first kappa shape index (κ1) is 13.8. The van der Waals surface area contributed by atoms with E-state index in [9.17, 15) is 9.18 Å². The van der Waals surface area contributed by atoms with Gasteiger partial charge in [0.1, 0.15) is 5.82 Å². The number of alkyl halides is 1. The Morgan fingerprint density at radius 3 is 2.89 bits per heavy atom. The average molecular weight is 335 g/mol. The minimum Gasteiger partial charge on any atom is -0.352 e. The molecule has 1 N–H and O–H groups in total. The summed E-state index contributed by atoms with van der Waals surface area (Å²) >= 11 is 9.14. The molecule has 0 spiro atoms. The lowest BCUT2D eigenvalue weighted by atomic mass is 10.1. The van der Waals surface area contributed by atoms with Crippen molar-refractivity contribution in [3.8, 4) is 0 Å². The fraction of sp³-hybridized carbons (Fsp3) is 0.462. The molecular weight excluding hydrogens is 321 g/mol. The van der Waals surface area contributed by atoms with Gasteiger partial charge in [-0.3, -0.25) is 4.79 Å². The molecule has 2 unspecified atom stereocenters. The molecule has 0 aromatic heterocycles. The maximum absolute atomic E-state index is 13.2. The van der Waals surface area contributed by atoms with Crippen LogP contribution in [0.2, 0.25) is 5.02 Å². The smallest absolute Gasteiger partial charge is 0.251 e. The van der Waals surface area contributed by atoms with E-state index in [1.54, 1.807) is 0 Å². The molecule has 1 saturated carbocycles. The van der Waals surface area contributed by atoms with Crippen LogP contribution in [0.15, 0.2) is 18.2 Å². The second kappa shape index (κ2) is 6.02. The van der Waals surface area contributed by atoms with Crippen LogP contribution in [0, 0.1) is 11.7 Å². The van der Waals surface area contributed by atoms with Gasteiger partial charge in [-0.15, -0.1) is 0 Å². The second-order valence-electron chi connectivity index (χ2n) is 4.62. The highest BCUT2D eigenvalue weighted by Crippen LogP contribution is 2.30. The van der Waals surface area contributed by atoms with E-state index in [0.29, 0.717) is 22.9 Å². The van der Waals surface area contributed by atoms with Crippen LogP contribution in [-0.4, -0.2) is 17.3 Å². The number of rotatable bonds is 3. The Balaban J connectivity index is 1.89. The molecule has 0 heterocycles. The molecule has 2 atom stereocenters. The number of hydrogen-bond acceptors (Lipinski definition) is 1. The first-order valence-electron chi connectivity index (χ1n) is 5.93. The van der Waals surface area contributed by atoms with Gasteiger partial charge in [0.25, 0.3) is 5.91 Å². The number of carbonyl (C=O) groups is 1. The van der Waals surface area contributed by atoms with Crippen molar-refractivity contribution in [2.75, 3.05) is 6.54 Å². The SMILES string of the molecule is O=C(NCC1CCC(Br)C1)c1ccc(Cl)c(F)c1. The topological polar surface area (TPSA) is 29.1 Å². The summed E-state index contributed by atoms with van der Waals surface area (Å²) in [6.07, 6.45) is 3.34. The van der Waals surface area contributed by atoms with Crippen molar-refractivity contribution in [3.63, 3.8) is 0 Å². The number of amides is 1. The standard InChI is InChI=1S/C13H14BrClFNO/c14-10-3-1-8(5-10)7-17-13(18)9-2-4-11(15)12(16)6-9/h2,4,6,8,10H,1,3,5,7H2,(H,17,18). The summed E-state index contributed by atoms with van der Waals surface area (Å²) < 4.78 is 13.2. The summed E-state index contributed by atoms with van der Waals surface area (Å²) in [6.45, 7) is 0.644. The van der Waals surface area contributed by atoms with Crippen molar-refractivity contribution in [2.24, 2.45) is 5.92 Å². The third kappa shape index (κ3) is 3.45. The Morgan fingerprint density at radius 2 is 2.28 bits per heavy atom. The molecule has 1 aromatic carbocycles. The molecule has 18 heavy (non-hydrogen) atoms. The van der Waals surface area contributed by atoms with Gasteiger partial charge in [0.15, 0.2) is 0 Å². The number of nitrogens with one attached hydrogen (secondary N) is 1. The van der Waals surface area contributed by atoms with Crippen LogP contribution in [0.5, 0.6) is 0 Å². The molecule has 5 heteroatoms. The zero-order valence-electron chi connectivity index (χ0n) is 9.76. The predicted octanol–water partition coefficient (Wildman–Crippen LogP) is 3.77. The highest BCUT2D eigenvalue weighted by molar-refractivity contribution is 9.09. The van der Waals surface area contributed by atoms with Gasteiger partial charge in [-0.1, -0.05) is 27.5 Å². The largest absolute Gasteiger partial charge is 0.352 e. The lowest BCUT2D eigenvalue weighted by molar-refractivity contribution is 0.0947. The van der Waals surface area contributed by atoms with E-state index < -0.39 is 5.82 Å². The summed E-state index contributed by atoms with van der Waals surface area (Å²) in [6, 6.07) is 4.10. The average Bonchev–Trinajstić information content (AvgIpc) is 2.75. The van der Waals surface area contributed by atoms with Crippen molar-refractivity contribution in [1.29, 1.82) is 0 Å². The van der Waals surface area contributed by atoms with Gasteiger partial charge in [-0.25, -0.2) is 4.39 Å². The van der Waals surface area contributed by atoms with Gasteiger partial charge >= 0.3 is 0 Å². The summed E-state index contributed by atoms with van der Waals surface area (Å²) in [5.74, 6) is -0.301. The molecule has 1 amide bonds. The summed E-state index contributed by atoms with van der Waals surface area (Å²) in [5.41, 5.74) is 0.310. The van der Waals surface area contributed by atoms with Crippen molar-refractivity contribution >= 4 is 33.4 Å². The third-order valence-electron chi connectivity index (χ3n) is 3.21. The van der Waals surface area contributed by atoms with Crippen LogP contribution in [0.3, 0.4) is 0 Å². The first-order chi connectivity index (χ1) is 8.56. The van der Waals surface area contributed by atoms with Gasteiger partial charge in [0, 0.05) is 16.9 Å². The minimum absolute atomic E-state index is 0.0319. The van der Waals surface area contributed by atoms with Crippen molar-refractivity contribution in [1.82, 2.24) is 5.32 Å². The van der Waals surface area contributed by atoms with Crippen LogP contribution < -0.4 is 5.32 Å². The summed E-state index contributed by atoms with van der Waals surface area (Å²) in [7, 11) is 0. The number of benzene rings is 1. The van der Waals surface area contributed by atoms with Crippen molar-refractivity contribution in [3.05, 3.63) is 34.6 Å². The zero-order chi connectivity index (χ0) is 13.1. The van der Waals surface area contributed by atoms with E-state index in [0.717, 1.165) is 19.3 Å². The van der Waals surface area contributed by atoms with Crippen LogP contribution in [0.1, 0.15) is 29.6 Å². The van der Waals surface area contributed by atoms with E-state index >= 15 is 0 Å². The Bertz CT molecular complexity index is 455. The lowest BCUT2D eigenvalue weighted by Crippen LogP contribution is -2.28. The molecule has 0 radical (unpaired) electrons. The van der Waals surface area contributed by atoms with Gasteiger partial charge in [0.2, 0.25) is 0 Å². The molecule has 1 fully saturated rings. The second-order valence-corrected chi connectivity index (χ2v) is 6.32. The van der Waals surface area contributed by atoms with Crippen molar-refractivity contribution in [2.45, 2.75) is 24.1 Å². The normalized spacial score (nSPS) is 23.1. The zero-order valence-corrected chi connectivity index (χ0v) is 12.1.